The van der Waals surface area contributed by atoms with Crippen molar-refractivity contribution < 1.29 is 14.3 Å². The fourth-order valence-corrected chi connectivity index (χ4v) is 4.43. The summed E-state index contributed by atoms with van der Waals surface area (Å²) in [5, 5.41) is 15.6. The Kier molecular flexibility index (Phi) is 9.51. The van der Waals surface area contributed by atoms with E-state index in [0.717, 1.165) is 24.1 Å². The quantitative estimate of drug-likeness (QED) is 0.353. The van der Waals surface area contributed by atoms with Crippen molar-refractivity contribution in [3.8, 4) is 6.07 Å². The zero-order valence-corrected chi connectivity index (χ0v) is 20.8. The summed E-state index contributed by atoms with van der Waals surface area (Å²) in [5.74, 6) is -1.43. The van der Waals surface area contributed by atoms with E-state index in [1.54, 1.807) is 25.1 Å². The highest BCUT2D eigenvalue weighted by atomic mass is 35.5. The van der Waals surface area contributed by atoms with Gasteiger partial charge in [0.05, 0.1) is 24.0 Å². The van der Waals surface area contributed by atoms with Gasteiger partial charge in [0.2, 0.25) is 5.91 Å². The van der Waals surface area contributed by atoms with E-state index in [2.05, 4.69) is 22.8 Å². The molecule has 7 heteroatoms. The third-order valence-corrected chi connectivity index (χ3v) is 6.10. The Morgan fingerprint density at radius 3 is 2.60 bits per heavy atom. The summed E-state index contributed by atoms with van der Waals surface area (Å²) in [6, 6.07) is 19.3. The summed E-state index contributed by atoms with van der Waals surface area (Å²) >= 11 is 6.29. The zero-order valence-electron chi connectivity index (χ0n) is 20.1. The number of carbonyl (C=O) groups is 2. The molecular formula is C28H30ClN3O3. The van der Waals surface area contributed by atoms with E-state index in [1.165, 1.54) is 5.56 Å². The van der Waals surface area contributed by atoms with E-state index in [-0.39, 0.29) is 18.9 Å². The van der Waals surface area contributed by atoms with Crippen LogP contribution in [0.3, 0.4) is 0 Å². The third kappa shape index (κ3) is 6.74. The summed E-state index contributed by atoms with van der Waals surface area (Å²) in [5.41, 5.74) is 4.14. The molecule has 0 saturated carbocycles. The molecular weight excluding hydrogens is 462 g/mol. The number of hydrogen-bond donors (Lipinski definition) is 2. The van der Waals surface area contributed by atoms with Crippen LogP contribution in [0, 0.1) is 11.3 Å². The van der Waals surface area contributed by atoms with Crippen LogP contribution in [-0.2, 0) is 20.7 Å². The van der Waals surface area contributed by atoms with Crippen LogP contribution in [0.25, 0.3) is 0 Å². The molecule has 0 spiro atoms. The van der Waals surface area contributed by atoms with Crippen molar-refractivity contribution in [1.29, 1.82) is 5.26 Å². The summed E-state index contributed by atoms with van der Waals surface area (Å²) in [7, 11) is 0. The van der Waals surface area contributed by atoms with Crippen molar-refractivity contribution in [3.05, 3.63) is 93.3 Å². The smallest absolute Gasteiger partial charge is 0.336 e. The van der Waals surface area contributed by atoms with Crippen LogP contribution < -0.4 is 10.6 Å². The highest BCUT2D eigenvalue weighted by molar-refractivity contribution is 6.30. The lowest BCUT2D eigenvalue weighted by Crippen LogP contribution is -2.37. The maximum atomic E-state index is 13.5. The Morgan fingerprint density at radius 1 is 1.14 bits per heavy atom. The lowest BCUT2D eigenvalue weighted by Gasteiger charge is -2.32. The molecule has 2 aromatic rings. The van der Waals surface area contributed by atoms with Crippen LogP contribution in [0.4, 0.5) is 0 Å². The van der Waals surface area contributed by atoms with Gasteiger partial charge in [-0.05, 0) is 49.4 Å². The first-order valence-electron chi connectivity index (χ1n) is 11.8. The monoisotopic (exact) mass is 491 g/mol. The largest absolute Gasteiger partial charge is 0.461 e. The van der Waals surface area contributed by atoms with Gasteiger partial charge in [0.25, 0.3) is 0 Å². The van der Waals surface area contributed by atoms with Gasteiger partial charge in [-0.1, -0.05) is 61.0 Å². The molecule has 1 aliphatic heterocycles. The number of hydrogen-bond acceptors (Lipinski definition) is 5. The topological polar surface area (TPSA) is 91.2 Å². The summed E-state index contributed by atoms with van der Waals surface area (Å²) in [6.07, 6.45) is 2.32. The van der Waals surface area contributed by atoms with Crippen molar-refractivity contribution in [2.75, 3.05) is 13.2 Å². The molecule has 3 rings (SSSR count). The summed E-state index contributed by atoms with van der Waals surface area (Å²) in [6.45, 7) is 4.24. The Bertz CT molecular complexity index is 1170. The molecule has 0 aromatic heterocycles. The van der Waals surface area contributed by atoms with Crippen LogP contribution in [0.15, 0.2) is 77.1 Å². The van der Waals surface area contributed by atoms with E-state index in [1.807, 2.05) is 37.3 Å². The van der Waals surface area contributed by atoms with Crippen molar-refractivity contribution in [2.24, 2.45) is 0 Å². The fraction of sp³-hybridized carbons (Fsp3) is 0.321. The number of nitrogens with one attached hydrogen (secondary N) is 2. The maximum absolute atomic E-state index is 13.5. The average Bonchev–Trinajstić information content (AvgIpc) is 2.86. The van der Waals surface area contributed by atoms with Gasteiger partial charge >= 0.3 is 5.97 Å². The zero-order chi connectivity index (χ0) is 25.2. The first-order chi connectivity index (χ1) is 17.0. The molecule has 1 aliphatic rings. The standard InChI is InChI=1S/C28H30ClN3O3/c1-3-23-26(27(33)31-16-8-12-20-10-5-4-6-11-20)25(21-13-7-14-22(29)18-21)24(19(2)32-23)28(34)35-17-9-15-30/h4-7,10-11,13-14,18,25,32H,3,8-9,12,16-17H2,1-2H3,(H,31,33). The second kappa shape index (κ2) is 12.8. The van der Waals surface area contributed by atoms with Crippen LogP contribution >= 0.6 is 11.6 Å². The number of allylic oxidation sites excluding steroid dienone is 2. The van der Waals surface area contributed by atoms with Gasteiger partial charge in [0.1, 0.15) is 6.61 Å². The SMILES string of the molecule is CCC1=C(C(=O)NCCCc2ccccc2)C(c2cccc(Cl)c2)C(C(=O)OCCC#N)=C(C)N1. The third-order valence-electron chi connectivity index (χ3n) is 5.86. The van der Waals surface area contributed by atoms with Gasteiger partial charge in [-0.2, -0.15) is 5.26 Å². The molecule has 0 saturated heterocycles. The minimum absolute atomic E-state index is 0.0141. The highest BCUT2D eigenvalue weighted by Gasteiger charge is 2.37. The number of rotatable bonds is 10. The summed E-state index contributed by atoms with van der Waals surface area (Å²) in [4.78, 5) is 26.6. The molecule has 2 aromatic carbocycles. The van der Waals surface area contributed by atoms with Crippen molar-refractivity contribution >= 4 is 23.5 Å². The summed E-state index contributed by atoms with van der Waals surface area (Å²) < 4.78 is 5.37. The van der Waals surface area contributed by atoms with E-state index in [4.69, 9.17) is 21.6 Å². The average molecular weight is 492 g/mol. The number of dihydropyridines is 1. The van der Waals surface area contributed by atoms with Crippen molar-refractivity contribution in [3.63, 3.8) is 0 Å². The van der Waals surface area contributed by atoms with Crippen LogP contribution in [-0.4, -0.2) is 25.0 Å². The second-order valence-electron chi connectivity index (χ2n) is 8.29. The minimum atomic E-state index is -0.645. The van der Waals surface area contributed by atoms with E-state index < -0.39 is 11.9 Å². The molecule has 0 radical (unpaired) electrons. The van der Waals surface area contributed by atoms with Crippen LogP contribution in [0.5, 0.6) is 0 Å². The first-order valence-corrected chi connectivity index (χ1v) is 12.2. The number of benzene rings is 2. The number of nitrogens with zero attached hydrogens (tertiary/aromatic N) is 1. The van der Waals surface area contributed by atoms with Gasteiger partial charge in [-0.3, -0.25) is 4.79 Å². The molecule has 182 valence electrons. The lowest BCUT2D eigenvalue weighted by molar-refractivity contribution is -0.139. The molecule has 1 heterocycles. The van der Waals surface area contributed by atoms with Gasteiger partial charge in [-0.15, -0.1) is 0 Å². The Hall–Kier alpha value is -3.56. The Balaban J connectivity index is 1.89. The molecule has 6 nitrogen and oxygen atoms in total. The van der Waals surface area contributed by atoms with E-state index >= 15 is 0 Å². The van der Waals surface area contributed by atoms with Crippen LogP contribution in [0.2, 0.25) is 5.02 Å². The predicted octanol–water partition coefficient (Wildman–Crippen LogP) is 5.17. The normalized spacial score (nSPS) is 15.3. The molecule has 1 atom stereocenters. The predicted molar refractivity (Wildman–Crippen MR) is 136 cm³/mol. The first kappa shape index (κ1) is 26.1. The number of esters is 1. The van der Waals surface area contributed by atoms with Gasteiger partial charge < -0.3 is 15.4 Å². The van der Waals surface area contributed by atoms with Gasteiger partial charge in [0.15, 0.2) is 0 Å². The molecule has 0 bridgehead atoms. The number of ether oxygens (including phenoxy) is 1. The highest BCUT2D eigenvalue weighted by Crippen LogP contribution is 2.40. The van der Waals surface area contributed by atoms with Crippen molar-refractivity contribution in [2.45, 2.75) is 45.4 Å². The maximum Gasteiger partial charge on any atom is 0.336 e. The lowest BCUT2D eigenvalue weighted by atomic mass is 9.79. The van der Waals surface area contributed by atoms with Crippen molar-refractivity contribution in [1.82, 2.24) is 10.6 Å². The number of aryl methyl sites for hydroxylation is 1. The van der Waals surface area contributed by atoms with Gasteiger partial charge in [-0.25, -0.2) is 4.79 Å². The molecule has 35 heavy (non-hydrogen) atoms. The number of carbonyl (C=O) groups excluding carboxylic acids is 2. The molecule has 1 amide bonds. The van der Waals surface area contributed by atoms with E-state index in [9.17, 15) is 9.59 Å². The molecule has 1 unspecified atom stereocenters. The molecule has 0 fully saturated rings. The number of halogens is 1. The van der Waals surface area contributed by atoms with Gasteiger partial charge in [0, 0.05) is 28.5 Å². The minimum Gasteiger partial charge on any atom is -0.461 e. The molecule has 2 N–H and O–H groups in total. The Labute approximate surface area is 211 Å². The molecule has 0 aliphatic carbocycles. The second-order valence-corrected chi connectivity index (χ2v) is 8.72. The number of nitriles is 1. The van der Waals surface area contributed by atoms with E-state index in [0.29, 0.717) is 34.8 Å². The van der Waals surface area contributed by atoms with Crippen LogP contribution in [0.1, 0.15) is 50.2 Å². The Morgan fingerprint density at radius 2 is 1.91 bits per heavy atom. The number of amides is 1. The fourth-order valence-electron chi connectivity index (χ4n) is 4.23.